The molecule has 0 spiro atoms. The predicted molar refractivity (Wildman–Crippen MR) is 123 cm³/mol. The van der Waals surface area contributed by atoms with Gasteiger partial charge in [-0.2, -0.15) is 0 Å². The third kappa shape index (κ3) is 5.53. The molecule has 2 N–H and O–H groups in total. The molecule has 1 saturated heterocycles. The third-order valence-corrected chi connectivity index (χ3v) is 5.84. The zero-order chi connectivity index (χ0) is 23.2. The first-order valence-electron chi connectivity index (χ1n) is 10.7. The van der Waals surface area contributed by atoms with Gasteiger partial charge in [0.2, 0.25) is 0 Å². The van der Waals surface area contributed by atoms with Gasteiger partial charge in [-0.15, -0.1) is 0 Å². The molecular formula is C24H24ClN3O5. The summed E-state index contributed by atoms with van der Waals surface area (Å²) in [7, 11) is 0. The molecular weight excluding hydrogens is 446 g/mol. The van der Waals surface area contributed by atoms with Crippen LogP contribution in [0.3, 0.4) is 0 Å². The summed E-state index contributed by atoms with van der Waals surface area (Å²) in [6, 6.07) is 13.2. The molecule has 33 heavy (non-hydrogen) atoms. The van der Waals surface area contributed by atoms with E-state index in [1.165, 1.54) is 0 Å². The maximum atomic E-state index is 13.0. The highest BCUT2D eigenvalue weighted by atomic mass is 35.5. The number of aromatic amines is 1. The van der Waals surface area contributed by atoms with Crippen LogP contribution in [0.4, 0.5) is 0 Å². The summed E-state index contributed by atoms with van der Waals surface area (Å²) in [5.41, 5.74) is 2.01. The van der Waals surface area contributed by atoms with Crippen LogP contribution < -0.4 is 5.32 Å². The van der Waals surface area contributed by atoms with Crippen LogP contribution in [0.1, 0.15) is 15.9 Å². The molecule has 1 aromatic heterocycles. The summed E-state index contributed by atoms with van der Waals surface area (Å²) in [5, 5.41) is 3.93. The SMILES string of the molecule is O=C(NC(Cc1c[nH]c2ccccc12)C(=O)OCC(=O)N1CCOCC1)c1ccccc1Cl. The molecule has 8 nitrogen and oxygen atoms in total. The first-order chi connectivity index (χ1) is 16.0. The molecule has 1 unspecified atom stereocenters. The summed E-state index contributed by atoms with van der Waals surface area (Å²) in [6.45, 7) is 1.43. The average Bonchev–Trinajstić information content (AvgIpc) is 3.25. The molecule has 0 radical (unpaired) electrons. The predicted octanol–water partition coefficient (Wildman–Crippen LogP) is 2.56. The fourth-order valence-corrected chi connectivity index (χ4v) is 3.95. The Hall–Kier alpha value is -3.36. The van der Waals surface area contributed by atoms with E-state index in [4.69, 9.17) is 21.1 Å². The second-order valence-corrected chi connectivity index (χ2v) is 8.08. The van der Waals surface area contributed by atoms with E-state index >= 15 is 0 Å². The Morgan fingerprint density at radius 2 is 1.82 bits per heavy atom. The number of benzene rings is 2. The van der Waals surface area contributed by atoms with Gasteiger partial charge in [0.15, 0.2) is 6.61 Å². The number of ether oxygens (including phenoxy) is 2. The largest absolute Gasteiger partial charge is 0.454 e. The van der Waals surface area contributed by atoms with Crippen LogP contribution in [-0.2, 0) is 25.5 Å². The number of para-hydroxylation sites is 1. The fraction of sp³-hybridized carbons (Fsp3) is 0.292. The Balaban J connectivity index is 1.50. The number of nitrogens with zero attached hydrogens (tertiary/aromatic N) is 1. The lowest BCUT2D eigenvalue weighted by Gasteiger charge is -2.27. The van der Waals surface area contributed by atoms with E-state index < -0.39 is 24.5 Å². The normalized spacial score (nSPS) is 14.6. The number of rotatable bonds is 7. The van der Waals surface area contributed by atoms with Crippen LogP contribution in [0.2, 0.25) is 5.02 Å². The number of esters is 1. The van der Waals surface area contributed by atoms with E-state index in [2.05, 4.69) is 10.3 Å². The van der Waals surface area contributed by atoms with Crippen molar-refractivity contribution in [1.82, 2.24) is 15.2 Å². The minimum atomic E-state index is -1.01. The smallest absolute Gasteiger partial charge is 0.329 e. The molecule has 1 aliphatic rings. The second-order valence-electron chi connectivity index (χ2n) is 7.67. The summed E-state index contributed by atoms with van der Waals surface area (Å²) in [5.74, 6) is -1.49. The fourth-order valence-electron chi connectivity index (χ4n) is 3.73. The van der Waals surface area contributed by atoms with Gasteiger partial charge >= 0.3 is 5.97 Å². The summed E-state index contributed by atoms with van der Waals surface area (Å²) in [4.78, 5) is 43.0. The van der Waals surface area contributed by atoms with Crippen molar-refractivity contribution in [3.8, 4) is 0 Å². The zero-order valence-corrected chi connectivity index (χ0v) is 18.6. The molecule has 1 atom stereocenters. The number of fused-ring (bicyclic) bond motifs is 1. The van der Waals surface area contributed by atoms with Gasteiger partial charge in [-0.3, -0.25) is 9.59 Å². The van der Waals surface area contributed by atoms with E-state index in [9.17, 15) is 14.4 Å². The monoisotopic (exact) mass is 469 g/mol. The summed E-state index contributed by atoms with van der Waals surface area (Å²) < 4.78 is 10.6. The van der Waals surface area contributed by atoms with Crippen molar-refractivity contribution < 1.29 is 23.9 Å². The molecule has 0 saturated carbocycles. The molecule has 1 fully saturated rings. The highest BCUT2D eigenvalue weighted by Crippen LogP contribution is 2.20. The molecule has 0 aliphatic carbocycles. The van der Waals surface area contributed by atoms with Crippen molar-refractivity contribution in [2.24, 2.45) is 0 Å². The van der Waals surface area contributed by atoms with Crippen molar-refractivity contribution in [2.45, 2.75) is 12.5 Å². The lowest BCUT2D eigenvalue weighted by atomic mass is 10.0. The number of amides is 2. The molecule has 2 amide bonds. The lowest BCUT2D eigenvalue weighted by molar-refractivity contribution is -0.155. The van der Waals surface area contributed by atoms with Crippen LogP contribution in [-0.4, -0.2) is 66.6 Å². The Morgan fingerprint density at radius 3 is 2.61 bits per heavy atom. The van der Waals surface area contributed by atoms with Gasteiger partial charge < -0.3 is 24.7 Å². The maximum absolute atomic E-state index is 13.0. The van der Waals surface area contributed by atoms with Gasteiger partial charge in [-0.25, -0.2) is 4.79 Å². The van der Waals surface area contributed by atoms with Crippen LogP contribution >= 0.6 is 11.6 Å². The van der Waals surface area contributed by atoms with E-state index in [-0.39, 0.29) is 22.9 Å². The standard InChI is InChI=1S/C24H24ClN3O5/c25-19-7-3-1-6-18(19)23(30)27-21(13-16-14-26-20-8-4-2-5-17(16)20)24(31)33-15-22(29)28-9-11-32-12-10-28/h1-8,14,21,26H,9-13,15H2,(H,27,30). The van der Waals surface area contributed by atoms with Crippen molar-refractivity contribution in [3.63, 3.8) is 0 Å². The Morgan fingerprint density at radius 1 is 1.09 bits per heavy atom. The molecule has 2 heterocycles. The van der Waals surface area contributed by atoms with Crippen LogP contribution in [0.25, 0.3) is 10.9 Å². The molecule has 0 bridgehead atoms. The van der Waals surface area contributed by atoms with Crippen LogP contribution in [0.15, 0.2) is 54.7 Å². The van der Waals surface area contributed by atoms with E-state index in [0.717, 1.165) is 16.5 Å². The van der Waals surface area contributed by atoms with Crippen LogP contribution in [0, 0.1) is 0 Å². The molecule has 2 aromatic carbocycles. The van der Waals surface area contributed by atoms with Gasteiger partial charge in [-0.1, -0.05) is 41.9 Å². The first-order valence-corrected chi connectivity index (χ1v) is 11.0. The van der Waals surface area contributed by atoms with Gasteiger partial charge in [0.25, 0.3) is 11.8 Å². The lowest BCUT2D eigenvalue weighted by Crippen LogP contribution is -2.46. The number of carbonyl (C=O) groups excluding carboxylic acids is 3. The number of halogens is 1. The first kappa shape index (κ1) is 22.8. The van der Waals surface area contributed by atoms with E-state index in [1.54, 1.807) is 35.4 Å². The van der Waals surface area contributed by atoms with Crippen LogP contribution in [0.5, 0.6) is 0 Å². The van der Waals surface area contributed by atoms with Gasteiger partial charge in [0.1, 0.15) is 6.04 Å². The van der Waals surface area contributed by atoms with Crippen molar-refractivity contribution >= 4 is 40.3 Å². The number of H-pyrrole nitrogens is 1. The minimum Gasteiger partial charge on any atom is -0.454 e. The summed E-state index contributed by atoms with van der Waals surface area (Å²) in [6.07, 6.45) is 1.98. The Bertz CT molecular complexity index is 1160. The van der Waals surface area contributed by atoms with E-state index in [0.29, 0.717) is 26.3 Å². The number of nitrogens with one attached hydrogen (secondary N) is 2. The van der Waals surface area contributed by atoms with Gasteiger partial charge in [-0.05, 0) is 23.8 Å². The van der Waals surface area contributed by atoms with Crippen molar-refractivity contribution in [2.75, 3.05) is 32.9 Å². The zero-order valence-electron chi connectivity index (χ0n) is 17.9. The highest BCUT2D eigenvalue weighted by Gasteiger charge is 2.27. The quantitative estimate of drug-likeness (QED) is 0.518. The van der Waals surface area contributed by atoms with Crippen molar-refractivity contribution in [1.29, 1.82) is 0 Å². The molecule has 4 rings (SSSR count). The number of aromatic nitrogens is 1. The minimum absolute atomic E-state index is 0.185. The highest BCUT2D eigenvalue weighted by molar-refractivity contribution is 6.33. The third-order valence-electron chi connectivity index (χ3n) is 5.51. The number of morpholine rings is 1. The molecule has 9 heteroatoms. The molecule has 172 valence electrons. The molecule has 3 aromatic rings. The number of hydrogen-bond donors (Lipinski definition) is 2. The Kier molecular flexibility index (Phi) is 7.26. The number of hydrogen-bond acceptors (Lipinski definition) is 5. The number of carbonyl (C=O) groups is 3. The maximum Gasteiger partial charge on any atom is 0.329 e. The van der Waals surface area contributed by atoms with Gasteiger partial charge in [0, 0.05) is 36.6 Å². The summed E-state index contributed by atoms with van der Waals surface area (Å²) >= 11 is 6.15. The Labute approximate surface area is 195 Å². The molecule has 1 aliphatic heterocycles. The van der Waals surface area contributed by atoms with Crippen molar-refractivity contribution in [3.05, 3.63) is 70.9 Å². The topological polar surface area (TPSA) is 101 Å². The van der Waals surface area contributed by atoms with E-state index in [1.807, 2.05) is 24.3 Å². The average molecular weight is 470 g/mol. The second kappa shape index (κ2) is 10.5. The van der Waals surface area contributed by atoms with Gasteiger partial charge in [0.05, 0.1) is 23.8 Å².